The van der Waals surface area contributed by atoms with E-state index in [0.717, 1.165) is 20.0 Å². The molecule has 0 atom stereocenters. The van der Waals surface area contributed by atoms with Crippen molar-refractivity contribution < 1.29 is 0 Å². The Balaban J connectivity index is 1.64. The Morgan fingerprint density at radius 1 is 0.486 bits per heavy atom. The highest BCUT2D eigenvalue weighted by Gasteiger charge is 2.17. The van der Waals surface area contributed by atoms with Gasteiger partial charge in [-0.25, -0.2) is 0 Å². The van der Waals surface area contributed by atoms with Gasteiger partial charge in [-0.3, -0.25) is 0 Å². The molecule has 0 amide bonds. The van der Waals surface area contributed by atoms with E-state index in [1.165, 1.54) is 44.2 Å². The van der Waals surface area contributed by atoms with Gasteiger partial charge in [-0.2, -0.15) is 0 Å². The third-order valence-corrected chi connectivity index (χ3v) is 8.14. The first-order valence-electron chi connectivity index (χ1n) is 12.1. The van der Waals surface area contributed by atoms with Gasteiger partial charge in [0.15, 0.2) is 0 Å². The third kappa shape index (κ3) is 4.61. The van der Waals surface area contributed by atoms with Crippen LogP contribution >= 0.6 is 31.9 Å². The van der Waals surface area contributed by atoms with Crippen LogP contribution < -0.4 is 0 Å². The van der Waals surface area contributed by atoms with Crippen molar-refractivity contribution >= 4 is 53.7 Å². The van der Waals surface area contributed by atoms with Crippen molar-refractivity contribution in [3.63, 3.8) is 0 Å². The zero-order valence-corrected chi connectivity index (χ0v) is 24.4. The molecule has 0 unspecified atom stereocenters. The van der Waals surface area contributed by atoms with Crippen molar-refractivity contribution in [2.24, 2.45) is 0 Å². The second kappa shape index (κ2) is 8.64. The second-order valence-corrected chi connectivity index (χ2v) is 13.2. The molecule has 5 rings (SSSR count). The lowest BCUT2D eigenvalue weighted by atomic mass is 9.86. The lowest BCUT2D eigenvalue weighted by Crippen LogP contribution is -2.10. The van der Waals surface area contributed by atoms with E-state index in [-0.39, 0.29) is 10.8 Å². The summed E-state index contributed by atoms with van der Waals surface area (Å²) < 4.78 is 2.15. The van der Waals surface area contributed by atoms with E-state index in [2.05, 4.69) is 151 Å². The van der Waals surface area contributed by atoms with Crippen LogP contribution in [0.4, 0.5) is 0 Å². The molecule has 1 aromatic heterocycles. The van der Waals surface area contributed by atoms with Gasteiger partial charge < -0.3 is 4.98 Å². The predicted octanol–water partition coefficient (Wildman–Crippen LogP) is 10.8. The standard InChI is InChI=1S/C32H31Br2N/c1-31(2,3)23-11-7-19(8-12-23)21-15-25-26-16-22(20-9-13-24(14-10-20)32(4,5)6)18-28(34)30(26)35-29(25)27(33)17-21/h7-18,35H,1-6H3. The normalized spacial score (nSPS) is 12.6. The van der Waals surface area contributed by atoms with E-state index < -0.39 is 0 Å². The van der Waals surface area contributed by atoms with Crippen LogP contribution in [0.25, 0.3) is 44.1 Å². The minimum Gasteiger partial charge on any atom is -0.353 e. The number of hydrogen-bond donors (Lipinski definition) is 1. The molecular weight excluding hydrogens is 558 g/mol. The van der Waals surface area contributed by atoms with Crippen LogP contribution in [0.15, 0.2) is 81.7 Å². The molecule has 1 heterocycles. The van der Waals surface area contributed by atoms with Gasteiger partial charge in [0, 0.05) is 19.7 Å². The van der Waals surface area contributed by atoms with Crippen molar-refractivity contribution in [1.82, 2.24) is 4.98 Å². The van der Waals surface area contributed by atoms with E-state index in [1.54, 1.807) is 0 Å². The molecule has 0 aliphatic carbocycles. The van der Waals surface area contributed by atoms with Gasteiger partial charge in [0.1, 0.15) is 0 Å². The number of hydrogen-bond acceptors (Lipinski definition) is 0. The minimum absolute atomic E-state index is 0.146. The molecule has 4 aromatic carbocycles. The summed E-state index contributed by atoms with van der Waals surface area (Å²) in [5, 5.41) is 2.44. The molecule has 0 saturated heterocycles. The fourth-order valence-corrected chi connectivity index (χ4v) is 5.79. The van der Waals surface area contributed by atoms with E-state index in [9.17, 15) is 0 Å². The zero-order chi connectivity index (χ0) is 25.1. The van der Waals surface area contributed by atoms with Gasteiger partial charge >= 0.3 is 0 Å². The smallest absolute Gasteiger partial charge is 0.0609 e. The number of fused-ring (bicyclic) bond motifs is 3. The van der Waals surface area contributed by atoms with Crippen LogP contribution in [-0.2, 0) is 10.8 Å². The fraction of sp³-hybridized carbons (Fsp3) is 0.250. The molecule has 178 valence electrons. The number of nitrogens with one attached hydrogen (secondary N) is 1. The number of aromatic nitrogens is 1. The summed E-state index contributed by atoms with van der Waals surface area (Å²) in [5.74, 6) is 0. The topological polar surface area (TPSA) is 15.8 Å². The number of H-pyrrole nitrogens is 1. The van der Waals surface area contributed by atoms with E-state index in [1.807, 2.05) is 0 Å². The van der Waals surface area contributed by atoms with Crippen molar-refractivity contribution in [2.75, 3.05) is 0 Å². The molecule has 0 aliphatic rings. The maximum absolute atomic E-state index is 3.84. The Morgan fingerprint density at radius 2 is 0.829 bits per heavy atom. The second-order valence-electron chi connectivity index (χ2n) is 11.5. The number of aromatic amines is 1. The van der Waals surface area contributed by atoms with E-state index in [0.29, 0.717) is 0 Å². The summed E-state index contributed by atoms with van der Waals surface area (Å²) in [7, 11) is 0. The van der Waals surface area contributed by atoms with Crippen LogP contribution in [0.5, 0.6) is 0 Å². The Bertz CT molecular complexity index is 1420. The maximum atomic E-state index is 3.84. The molecular formula is C32H31Br2N. The summed E-state index contributed by atoms with van der Waals surface area (Å²) in [6.07, 6.45) is 0. The van der Waals surface area contributed by atoms with Crippen LogP contribution in [0.2, 0.25) is 0 Å². The monoisotopic (exact) mass is 587 g/mol. The van der Waals surface area contributed by atoms with Crippen LogP contribution in [0, 0.1) is 0 Å². The van der Waals surface area contributed by atoms with Crippen molar-refractivity contribution in [3.8, 4) is 22.3 Å². The molecule has 1 nitrogen and oxygen atoms in total. The van der Waals surface area contributed by atoms with Crippen LogP contribution in [-0.4, -0.2) is 4.98 Å². The van der Waals surface area contributed by atoms with Gasteiger partial charge in [0.25, 0.3) is 0 Å². The van der Waals surface area contributed by atoms with E-state index in [4.69, 9.17) is 0 Å². The maximum Gasteiger partial charge on any atom is 0.0609 e. The van der Waals surface area contributed by atoms with Crippen LogP contribution in [0.3, 0.4) is 0 Å². The van der Waals surface area contributed by atoms with Gasteiger partial charge in [-0.1, -0.05) is 90.1 Å². The highest BCUT2D eigenvalue weighted by Crippen LogP contribution is 2.40. The molecule has 0 saturated carbocycles. The SMILES string of the molecule is CC(C)(C)c1ccc(-c2cc(Br)c3[nH]c4c(Br)cc(-c5ccc(C(C)(C)C)cc5)cc4c3c2)cc1. The molecule has 5 aromatic rings. The fourth-order valence-electron chi connectivity index (χ4n) is 4.68. The first kappa shape index (κ1) is 24.3. The highest BCUT2D eigenvalue weighted by molar-refractivity contribution is 9.11. The summed E-state index contributed by atoms with van der Waals surface area (Å²) in [4.78, 5) is 3.64. The third-order valence-electron chi connectivity index (χ3n) is 6.89. The van der Waals surface area contributed by atoms with Crippen molar-refractivity contribution in [2.45, 2.75) is 52.4 Å². The van der Waals surface area contributed by atoms with Gasteiger partial charge in [-0.15, -0.1) is 0 Å². The number of halogens is 2. The Labute approximate surface area is 225 Å². The van der Waals surface area contributed by atoms with Gasteiger partial charge in [-0.05, 0) is 100 Å². The molecule has 0 fully saturated rings. The molecule has 0 aliphatic heterocycles. The Hall–Kier alpha value is -2.36. The molecule has 0 spiro atoms. The molecule has 35 heavy (non-hydrogen) atoms. The lowest BCUT2D eigenvalue weighted by Gasteiger charge is -2.19. The summed E-state index contributed by atoms with van der Waals surface area (Å²) >= 11 is 7.67. The van der Waals surface area contributed by atoms with Crippen molar-refractivity contribution in [1.29, 1.82) is 0 Å². The van der Waals surface area contributed by atoms with Crippen LogP contribution in [0.1, 0.15) is 52.7 Å². The summed E-state index contributed by atoms with van der Waals surface area (Å²) in [5.41, 5.74) is 10.1. The molecule has 0 radical (unpaired) electrons. The van der Waals surface area contributed by atoms with Gasteiger partial charge in [0.2, 0.25) is 0 Å². The molecule has 1 N–H and O–H groups in total. The first-order chi connectivity index (χ1) is 16.4. The predicted molar refractivity (Wildman–Crippen MR) is 159 cm³/mol. The largest absolute Gasteiger partial charge is 0.353 e. The van der Waals surface area contributed by atoms with E-state index >= 15 is 0 Å². The first-order valence-corrected chi connectivity index (χ1v) is 13.7. The number of benzene rings is 4. The van der Waals surface area contributed by atoms with Crippen molar-refractivity contribution in [3.05, 3.63) is 92.9 Å². The highest BCUT2D eigenvalue weighted by atomic mass is 79.9. The quantitative estimate of drug-likeness (QED) is 0.211. The average Bonchev–Trinajstić information content (AvgIpc) is 3.18. The Morgan fingerprint density at radius 3 is 1.14 bits per heavy atom. The molecule has 3 heteroatoms. The summed E-state index contributed by atoms with van der Waals surface area (Å²) in [6, 6.07) is 27.0. The minimum atomic E-state index is 0.146. The number of rotatable bonds is 2. The zero-order valence-electron chi connectivity index (χ0n) is 21.2. The average molecular weight is 589 g/mol. The molecule has 0 bridgehead atoms. The lowest BCUT2D eigenvalue weighted by molar-refractivity contribution is 0.590. The Kier molecular flexibility index (Phi) is 6.01. The summed E-state index contributed by atoms with van der Waals surface area (Å²) in [6.45, 7) is 13.5. The van der Waals surface area contributed by atoms with Gasteiger partial charge in [0.05, 0.1) is 11.0 Å².